The third kappa shape index (κ3) is 5.17. The molecule has 0 saturated carbocycles. The Labute approximate surface area is 119 Å². The highest BCUT2D eigenvalue weighted by Gasteiger charge is 2.16. The molecule has 1 aromatic rings. The second-order valence-corrected chi connectivity index (χ2v) is 5.55. The molecule has 0 bridgehead atoms. The van der Waals surface area contributed by atoms with E-state index < -0.39 is 11.9 Å². The summed E-state index contributed by atoms with van der Waals surface area (Å²) in [6, 6.07) is 4.36. The third-order valence-electron chi connectivity index (χ3n) is 2.86. The van der Waals surface area contributed by atoms with Gasteiger partial charge in [0.25, 0.3) is 0 Å². The molecule has 1 atom stereocenters. The van der Waals surface area contributed by atoms with Crippen LogP contribution in [-0.4, -0.2) is 23.2 Å². The number of aliphatic hydroxyl groups excluding tert-OH is 1. The first-order chi connectivity index (χ1) is 9.29. The first-order valence-corrected chi connectivity index (χ1v) is 6.83. The molecule has 0 fully saturated rings. The molecule has 3 N–H and O–H groups in total. The Morgan fingerprint density at radius 2 is 1.90 bits per heavy atom. The van der Waals surface area contributed by atoms with E-state index >= 15 is 0 Å². The van der Waals surface area contributed by atoms with Crippen molar-refractivity contribution in [2.45, 2.75) is 46.3 Å². The average Bonchev–Trinajstić information content (AvgIpc) is 2.31. The van der Waals surface area contributed by atoms with Crippen LogP contribution in [0.5, 0.6) is 0 Å². The molecule has 5 heteroatoms. The van der Waals surface area contributed by atoms with E-state index in [1.807, 2.05) is 27.7 Å². The number of benzene rings is 1. The Hall–Kier alpha value is -1.62. The summed E-state index contributed by atoms with van der Waals surface area (Å²) in [5, 5.41) is 15.5. The summed E-state index contributed by atoms with van der Waals surface area (Å²) < 4.78 is 13.3. The molecule has 1 rings (SSSR count). The Balaban J connectivity index is 2.79. The van der Waals surface area contributed by atoms with Crippen LogP contribution in [0.1, 0.15) is 34.1 Å². The number of hydrogen-bond acceptors (Lipinski definition) is 3. The summed E-state index contributed by atoms with van der Waals surface area (Å²) in [4.78, 5) is 11.9. The van der Waals surface area contributed by atoms with Gasteiger partial charge in [-0.3, -0.25) is 4.79 Å². The van der Waals surface area contributed by atoms with Crippen LogP contribution in [-0.2, 0) is 4.79 Å². The number of halogens is 1. The maximum absolute atomic E-state index is 13.3. The third-order valence-corrected chi connectivity index (χ3v) is 2.86. The Kier molecular flexibility index (Phi) is 5.95. The number of carbonyl (C=O) groups is 1. The van der Waals surface area contributed by atoms with Crippen molar-refractivity contribution in [3.8, 4) is 0 Å². The van der Waals surface area contributed by atoms with E-state index in [9.17, 15) is 14.3 Å². The number of hydrogen-bond donors (Lipinski definition) is 3. The minimum Gasteiger partial charge on any atom is -0.392 e. The first-order valence-electron chi connectivity index (χ1n) is 6.83. The first kappa shape index (κ1) is 16.4. The maximum Gasteiger partial charge on any atom is 0.227 e. The largest absolute Gasteiger partial charge is 0.392 e. The van der Waals surface area contributed by atoms with Crippen molar-refractivity contribution in [2.75, 3.05) is 10.6 Å². The topological polar surface area (TPSA) is 61.4 Å². The van der Waals surface area contributed by atoms with Crippen molar-refractivity contribution >= 4 is 17.3 Å². The Morgan fingerprint density at radius 3 is 2.45 bits per heavy atom. The molecular formula is C15H23FN2O2. The van der Waals surface area contributed by atoms with Gasteiger partial charge in [0, 0.05) is 6.04 Å². The highest BCUT2D eigenvalue weighted by molar-refractivity contribution is 5.94. The molecule has 0 saturated heterocycles. The zero-order valence-electron chi connectivity index (χ0n) is 12.4. The minimum absolute atomic E-state index is 0.00141. The molecule has 0 spiro atoms. The quantitative estimate of drug-likeness (QED) is 0.751. The molecule has 4 nitrogen and oxygen atoms in total. The van der Waals surface area contributed by atoms with Crippen LogP contribution in [0, 0.1) is 11.7 Å². The molecule has 1 amide bonds. The number of nitrogens with one attached hydrogen (secondary N) is 2. The van der Waals surface area contributed by atoms with E-state index in [-0.39, 0.29) is 24.3 Å². The monoisotopic (exact) mass is 282 g/mol. The smallest absolute Gasteiger partial charge is 0.227 e. The Morgan fingerprint density at radius 1 is 1.25 bits per heavy atom. The molecule has 0 aliphatic carbocycles. The highest BCUT2D eigenvalue weighted by Crippen LogP contribution is 2.24. The number of carbonyl (C=O) groups excluding carboxylic acids is 1. The van der Waals surface area contributed by atoms with Gasteiger partial charge < -0.3 is 15.7 Å². The highest BCUT2D eigenvalue weighted by atomic mass is 19.1. The van der Waals surface area contributed by atoms with E-state index in [1.165, 1.54) is 12.1 Å². The fraction of sp³-hybridized carbons (Fsp3) is 0.533. The lowest BCUT2D eigenvalue weighted by Crippen LogP contribution is -2.24. The van der Waals surface area contributed by atoms with Gasteiger partial charge in [-0.25, -0.2) is 4.39 Å². The lowest BCUT2D eigenvalue weighted by Gasteiger charge is -2.17. The van der Waals surface area contributed by atoms with Gasteiger partial charge in [0.1, 0.15) is 5.82 Å². The van der Waals surface area contributed by atoms with Gasteiger partial charge in [0.2, 0.25) is 5.91 Å². The van der Waals surface area contributed by atoms with Gasteiger partial charge in [-0.2, -0.15) is 0 Å². The summed E-state index contributed by atoms with van der Waals surface area (Å²) in [6.45, 7) is 7.59. The van der Waals surface area contributed by atoms with Crippen LogP contribution >= 0.6 is 0 Å². The van der Waals surface area contributed by atoms with Crippen LogP contribution in [0.4, 0.5) is 15.8 Å². The molecule has 0 aromatic heterocycles. The number of anilines is 2. The van der Waals surface area contributed by atoms with Crippen LogP contribution in [0.3, 0.4) is 0 Å². The summed E-state index contributed by atoms with van der Waals surface area (Å²) >= 11 is 0. The average molecular weight is 282 g/mol. The number of rotatable bonds is 6. The van der Waals surface area contributed by atoms with Gasteiger partial charge in [-0.1, -0.05) is 13.8 Å². The molecule has 1 unspecified atom stereocenters. The molecule has 1 aromatic carbocycles. The van der Waals surface area contributed by atoms with Gasteiger partial charge in [0.15, 0.2) is 0 Å². The summed E-state index contributed by atoms with van der Waals surface area (Å²) in [6.07, 6.45) is -0.708. The molecule has 0 heterocycles. The SMILES string of the molecule is CC(C)Nc1ccc(F)cc1NC(=O)CC(O)C(C)C. The van der Waals surface area contributed by atoms with Crippen molar-refractivity contribution in [3.63, 3.8) is 0 Å². The maximum atomic E-state index is 13.3. The predicted molar refractivity (Wildman–Crippen MR) is 79.3 cm³/mol. The number of aliphatic hydroxyl groups is 1. The van der Waals surface area contributed by atoms with Crippen LogP contribution in [0.2, 0.25) is 0 Å². The lowest BCUT2D eigenvalue weighted by molar-refractivity contribution is -0.118. The van der Waals surface area contributed by atoms with Crippen molar-refractivity contribution < 1.29 is 14.3 Å². The zero-order valence-corrected chi connectivity index (χ0v) is 12.4. The minimum atomic E-state index is -0.704. The lowest BCUT2D eigenvalue weighted by atomic mass is 10.0. The second kappa shape index (κ2) is 7.24. The summed E-state index contributed by atoms with van der Waals surface area (Å²) in [7, 11) is 0. The van der Waals surface area contributed by atoms with E-state index in [2.05, 4.69) is 10.6 Å². The fourth-order valence-corrected chi connectivity index (χ4v) is 1.68. The normalized spacial score (nSPS) is 12.6. The van der Waals surface area contributed by atoms with E-state index in [1.54, 1.807) is 6.07 Å². The molecule has 0 aliphatic heterocycles. The second-order valence-electron chi connectivity index (χ2n) is 5.55. The summed E-state index contributed by atoms with van der Waals surface area (Å²) in [5.41, 5.74) is 1.05. The van der Waals surface area contributed by atoms with Crippen molar-refractivity contribution in [2.24, 2.45) is 5.92 Å². The van der Waals surface area contributed by atoms with Gasteiger partial charge in [-0.05, 0) is 38.0 Å². The molecule has 20 heavy (non-hydrogen) atoms. The van der Waals surface area contributed by atoms with E-state index in [0.717, 1.165) is 0 Å². The van der Waals surface area contributed by atoms with Crippen molar-refractivity contribution in [3.05, 3.63) is 24.0 Å². The molecule has 0 aliphatic rings. The van der Waals surface area contributed by atoms with Crippen molar-refractivity contribution in [1.82, 2.24) is 0 Å². The van der Waals surface area contributed by atoms with Crippen LogP contribution in [0.25, 0.3) is 0 Å². The van der Waals surface area contributed by atoms with Gasteiger partial charge in [-0.15, -0.1) is 0 Å². The Bertz CT molecular complexity index is 461. The van der Waals surface area contributed by atoms with Gasteiger partial charge >= 0.3 is 0 Å². The van der Waals surface area contributed by atoms with Crippen LogP contribution < -0.4 is 10.6 Å². The van der Waals surface area contributed by atoms with E-state index in [0.29, 0.717) is 11.4 Å². The predicted octanol–water partition coefficient (Wildman–Crippen LogP) is 2.99. The summed E-state index contributed by atoms with van der Waals surface area (Å²) in [5.74, 6) is -0.746. The van der Waals surface area contributed by atoms with Crippen molar-refractivity contribution in [1.29, 1.82) is 0 Å². The standard InChI is InChI=1S/C15H23FN2O2/c1-9(2)14(19)8-15(20)18-13-7-11(16)5-6-12(13)17-10(3)4/h5-7,9-10,14,17,19H,8H2,1-4H3,(H,18,20). The molecule has 112 valence electrons. The van der Waals surface area contributed by atoms with Gasteiger partial charge in [0.05, 0.1) is 23.9 Å². The zero-order chi connectivity index (χ0) is 15.3. The molecule has 0 radical (unpaired) electrons. The molecular weight excluding hydrogens is 259 g/mol. The van der Waals surface area contributed by atoms with Crippen LogP contribution in [0.15, 0.2) is 18.2 Å². The fourth-order valence-electron chi connectivity index (χ4n) is 1.68. The van der Waals surface area contributed by atoms with E-state index in [4.69, 9.17) is 0 Å². The number of amides is 1.